The first-order valence-electron chi connectivity index (χ1n) is 17.5. The standard InChI is InChI=1S/C35H53N9O6.ClH/c1-20(2)15-27-34(48)39-28(16-23-7-13-26(50-6)14-8-23)33(47)37-22(5)32(46)40-29(21(3)4)17-43(19-31(45)38-27)35(49)30-18-44(42-41-30)25-11-9-24(36)10-12-25;/h7-8,13-14,18,20-22,24-25,27-29H,9-12,15-17,19,36H2,1-6H3,(H,37,47)(H,38,45)(H,39,48)(H,40,46);1H/t22-,24?,25?,27+,28+,29-;/m1./s1. The summed E-state index contributed by atoms with van der Waals surface area (Å²) >= 11 is 0. The number of nitrogens with one attached hydrogen (secondary N) is 4. The summed E-state index contributed by atoms with van der Waals surface area (Å²) in [6, 6.07) is 3.71. The Morgan fingerprint density at radius 3 is 2.18 bits per heavy atom. The molecule has 1 aromatic heterocycles. The van der Waals surface area contributed by atoms with Crippen molar-refractivity contribution >= 4 is 41.9 Å². The molecule has 1 aliphatic carbocycles. The van der Waals surface area contributed by atoms with Gasteiger partial charge in [-0.15, -0.1) is 17.5 Å². The minimum atomic E-state index is -1.05. The third-order valence-electron chi connectivity index (χ3n) is 9.36. The third-order valence-corrected chi connectivity index (χ3v) is 9.36. The summed E-state index contributed by atoms with van der Waals surface area (Å²) < 4.78 is 6.93. The fraction of sp³-hybridized carbons (Fsp3) is 0.629. The summed E-state index contributed by atoms with van der Waals surface area (Å²) in [5, 5.41) is 19.7. The monoisotopic (exact) mass is 731 g/mol. The van der Waals surface area contributed by atoms with Crippen LogP contribution >= 0.6 is 12.4 Å². The SMILES string of the molecule is COc1ccc(C[C@@H]2NC(=O)[C@H](CC(C)C)NC(=O)CN(C(=O)c3cn(C4CCC(N)CC4)nn3)C[C@H](C(C)C)NC(=O)[C@@H](C)NC2=O)cc1.Cl. The van der Waals surface area contributed by atoms with E-state index in [-0.39, 0.29) is 61.4 Å². The molecule has 5 amide bonds. The van der Waals surface area contributed by atoms with Gasteiger partial charge in [-0.25, -0.2) is 4.68 Å². The van der Waals surface area contributed by atoms with E-state index < -0.39 is 60.2 Å². The number of carbonyl (C=O) groups is 5. The first-order chi connectivity index (χ1) is 23.7. The minimum Gasteiger partial charge on any atom is -0.497 e. The van der Waals surface area contributed by atoms with Crippen LogP contribution in [-0.2, 0) is 25.6 Å². The molecule has 0 unspecified atom stereocenters. The third kappa shape index (κ3) is 11.6. The van der Waals surface area contributed by atoms with Crippen LogP contribution in [0.15, 0.2) is 30.5 Å². The van der Waals surface area contributed by atoms with Gasteiger partial charge in [0.1, 0.15) is 23.9 Å². The maximum atomic E-state index is 14.0. The van der Waals surface area contributed by atoms with Crippen LogP contribution in [0.5, 0.6) is 5.75 Å². The molecule has 51 heavy (non-hydrogen) atoms. The lowest BCUT2D eigenvalue weighted by atomic mass is 9.92. The molecule has 2 fully saturated rings. The number of ether oxygens (including phenoxy) is 1. The summed E-state index contributed by atoms with van der Waals surface area (Å²) in [6.45, 7) is 8.75. The Hall–Kier alpha value is -4.24. The van der Waals surface area contributed by atoms with Gasteiger partial charge < -0.3 is 36.6 Å². The van der Waals surface area contributed by atoms with Gasteiger partial charge in [-0.05, 0) is 68.6 Å². The van der Waals surface area contributed by atoms with Crippen LogP contribution in [0.3, 0.4) is 0 Å². The first-order valence-corrected chi connectivity index (χ1v) is 17.5. The lowest BCUT2D eigenvalue weighted by Gasteiger charge is -2.31. The predicted molar refractivity (Wildman–Crippen MR) is 193 cm³/mol. The smallest absolute Gasteiger partial charge is 0.276 e. The van der Waals surface area contributed by atoms with Crippen LogP contribution < -0.4 is 31.7 Å². The largest absolute Gasteiger partial charge is 0.497 e. The highest BCUT2D eigenvalue weighted by Gasteiger charge is 2.33. The summed E-state index contributed by atoms with van der Waals surface area (Å²) in [7, 11) is 1.55. The molecule has 0 bridgehead atoms. The van der Waals surface area contributed by atoms with E-state index in [1.54, 1.807) is 49.2 Å². The van der Waals surface area contributed by atoms with Crippen LogP contribution in [0.25, 0.3) is 0 Å². The van der Waals surface area contributed by atoms with E-state index in [2.05, 4.69) is 31.6 Å². The second kappa shape index (κ2) is 18.8. The van der Waals surface area contributed by atoms with Crippen molar-refractivity contribution in [1.82, 2.24) is 41.2 Å². The van der Waals surface area contributed by atoms with Crippen LogP contribution in [0.1, 0.15) is 88.8 Å². The maximum Gasteiger partial charge on any atom is 0.276 e. The zero-order valence-electron chi connectivity index (χ0n) is 30.4. The summed E-state index contributed by atoms with van der Waals surface area (Å²) in [6.07, 6.45) is 5.34. The van der Waals surface area contributed by atoms with Gasteiger partial charge >= 0.3 is 0 Å². The van der Waals surface area contributed by atoms with Crippen molar-refractivity contribution in [3.8, 4) is 5.75 Å². The lowest BCUT2D eigenvalue weighted by molar-refractivity contribution is -0.133. The van der Waals surface area contributed by atoms with Gasteiger partial charge in [0, 0.05) is 25.0 Å². The number of rotatable bonds is 8. The van der Waals surface area contributed by atoms with Crippen LogP contribution in [0.2, 0.25) is 0 Å². The summed E-state index contributed by atoms with van der Waals surface area (Å²) in [5.41, 5.74) is 6.89. The second-order valence-electron chi connectivity index (χ2n) is 14.3. The van der Waals surface area contributed by atoms with Crippen LogP contribution in [-0.4, -0.2) is 99.8 Å². The number of hydrogen-bond donors (Lipinski definition) is 5. The topological polar surface area (TPSA) is 203 Å². The molecule has 6 N–H and O–H groups in total. The molecule has 4 rings (SSSR count). The van der Waals surface area contributed by atoms with E-state index in [4.69, 9.17) is 10.5 Å². The van der Waals surface area contributed by atoms with Gasteiger partial charge in [0.05, 0.1) is 25.9 Å². The van der Waals surface area contributed by atoms with Crippen molar-refractivity contribution in [3.63, 3.8) is 0 Å². The average Bonchev–Trinajstić information content (AvgIpc) is 3.57. The van der Waals surface area contributed by atoms with Crippen molar-refractivity contribution < 1.29 is 28.7 Å². The average molecular weight is 732 g/mol. The summed E-state index contributed by atoms with van der Waals surface area (Å²) in [5.74, 6) is -2.19. The number of carbonyl (C=O) groups excluding carboxylic acids is 5. The highest BCUT2D eigenvalue weighted by Crippen LogP contribution is 2.27. The molecule has 2 aliphatic rings. The highest BCUT2D eigenvalue weighted by molar-refractivity contribution is 5.97. The van der Waals surface area contributed by atoms with E-state index in [1.807, 2.05) is 27.7 Å². The molecule has 0 spiro atoms. The van der Waals surface area contributed by atoms with E-state index in [1.165, 1.54) is 4.90 Å². The number of aromatic nitrogens is 3. The highest BCUT2D eigenvalue weighted by atomic mass is 35.5. The van der Waals surface area contributed by atoms with Crippen molar-refractivity contribution in [2.75, 3.05) is 20.2 Å². The van der Waals surface area contributed by atoms with Crippen LogP contribution in [0, 0.1) is 11.8 Å². The van der Waals surface area contributed by atoms with Gasteiger partial charge in [-0.2, -0.15) is 0 Å². The number of nitrogens with two attached hydrogens (primary N) is 1. The maximum absolute atomic E-state index is 14.0. The van der Waals surface area contributed by atoms with Gasteiger partial charge in [-0.3, -0.25) is 24.0 Å². The molecule has 1 saturated carbocycles. The molecular weight excluding hydrogens is 678 g/mol. The molecule has 2 heterocycles. The Balaban J connectivity index is 0.00000702. The normalized spacial score (nSPS) is 25.5. The van der Waals surface area contributed by atoms with E-state index >= 15 is 0 Å². The lowest BCUT2D eigenvalue weighted by Crippen LogP contribution is -2.57. The van der Waals surface area contributed by atoms with E-state index in [0.29, 0.717) is 5.75 Å². The number of methoxy groups -OCH3 is 1. The predicted octanol–water partition coefficient (Wildman–Crippen LogP) is 1.51. The second-order valence-corrected chi connectivity index (χ2v) is 14.3. The Kier molecular flexibility index (Phi) is 15.2. The molecular formula is C35H54ClN9O6. The first kappa shape index (κ1) is 41.2. The zero-order valence-corrected chi connectivity index (χ0v) is 31.2. The molecule has 0 radical (unpaired) electrons. The van der Waals surface area contributed by atoms with Gasteiger partial charge in [0.25, 0.3) is 5.91 Å². The Morgan fingerprint density at radius 2 is 1.57 bits per heavy atom. The zero-order chi connectivity index (χ0) is 36.5. The minimum absolute atomic E-state index is 0. The van der Waals surface area contributed by atoms with Gasteiger partial charge in [0.15, 0.2) is 5.69 Å². The fourth-order valence-electron chi connectivity index (χ4n) is 6.24. The van der Waals surface area contributed by atoms with Crippen LogP contribution in [0.4, 0.5) is 0 Å². The van der Waals surface area contributed by atoms with Crippen molar-refractivity contribution in [2.24, 2.45) is 17.6 Å². The van der Waals surface area contributed by atoms with Crippen molar-refractivity contribution in [1.29, 1.82) is 0 Å². The Labute approximate surface area is 305 Å². The number of halogens is 1. The molecule has 1 saturated heterocycles. The molecule has 15 nitrogen and oxygen atoms in total. The fourth-order valence-corrected chi connectivity index (χ4v) is 6.24. The molecule has 282 valence electrons. The summed E-state index contributed by atoms with van der Waals surface area (Å²) in [4.78, 5) is 69.8. The molecule has 16 heteroatoms. The van der Waals surface area contributed by atoms with Gasteiger partial charge in [-0.1, -0.05) is 45.0 Å². The van der Waals surface area contributed by atoms with Crippen molar-refractivity contribution in [3.05, 3.63) is 41.7 Å². The molecule has 1 aromatic carbocycles. The number of benzene rings is 1. The molecule has 1 aliphatic heterocycles. The van der Waals surface area contributed by atoms with Gasteiger partial charge in [0.2, 0.25) is 23.6 Å². The number of hydrogen-bond acceptors (Lipinski definition) is 9. The van der Waals surface area contributed by atoms with E-state index in [0.717, 1.165) is 31.2 Å². The Bertz CT molecular complexity index is 1490. The van der Waals surface area contributed by atoms with E-state index in [9.17, 15) is 24.0 Å². The quantitative estimate of drug-likeness (QED) is 0.267. The number of nitrogens with zero attached hydrogens (tertiary/aromatic N) is 4. The Morgan fingerprint density at radius 1 is 0.922 bits per heavy atom. The van der Waals surface area contributed by atoms with Crippen molar-refractivity contribution in [2.45, 2.75) is 109 Å². The molecule has 4 atom stereocenters. The number of amides is 5. The molecule has 2 aromatic rings.